The van der Waals surface area contributed by atoms with Crippen molar-refractivity contribution in [3.63, 3.8) is 0 Å². The highest BCUT2D eigenvalue weighted by Gasteiger charge is 2.54. The van der Waals surface area contributed by atoms with Crippen LogP contribution in [0.15, 0.2) is 34.9 Å². The summed E-state index contributed by atoms with van der Waals surface area (Å²) < 4.78 is 10.6. The molecule has 0 aliphatic carbocycles. The number of benzene rings is 1. The van der Waals surface area contributed by atoms with Crippen molar-refractivity contribution in [3.8, 4) is 5.75 Å². The number of ether oxygens (including phenoxy) is 1. The number of methoxy groups -OCH3 is 1. The minimum absolute atomic E-state index is 0.163. The van der Waals surface area contributed by atoms with Gasteiger partial charge in [0.05, 0.1) is 25.3 Å². The first kappa shape index (κ1) is 17.7. The molecule has 6 nitrogen and oxygen atoms in total. The minimum Gasteiger partial charge on any atom is -0.497 e. The van der Waals surface area contributed by atoms with Gasteiger partial charge in [-0.1, -0.05) is 17.3 Å². The number of carbonyl (C=O) groups is 1. The highest BCUT2D eigenvalue weighted by atomic mass is 16.5. The van der Waals surface area contributed by atoms with E-state index < -0.39 is 0 Å². The molecule has 2 aromatic rings. The van der Waals surface area contributed by atoms with Gasteiger partial charge in [-0.2, -0.15) is 0 Å². The van der Waals surface area contributed by atoms with Crippen LogP contribution in [-0.2, 0) is 11.2 Å². The van der Waals surface area contributed by atoms with Crippen LogP contribution >= 0.6 is 0 Å². The third-order valence-electron chi connectivity index (χ3n) is 6.86. The topological polar surface area (TPSA) is 58.8 Å². The molecule has 0 unspecified atom stereocenters. The molecule has 4 fully saturated rings. The van der Waals surface area contributed by atoms with E-state index in [0.29, 0.717) is 36.1 Å². The molecule has 1 aromatic carbocycles. The summed E-state index contributed by atoms with van der Waals surface area (Å²) in [4.78, 5) is 18.0. The van der Waals surface area contributed by atoms with Crippen LogP contribution < -0.4 is 4.74 Å². The van der Waals surface area contributed by atoms with E-state index in [-0.39, 0.29) is 5.91 Å². The largest absolute Gasteiger partial charge is 0.497 e. The fourth-order valence-electron chi connectivity index (χ4n) is 5.60. The van der Waals surface area contributed by atoms with Crippen LogP contribution in [0.1, 0.15) is 35.8 Å². The van der Waals surface area contributed by atoms with E-state index in [2.05, 4.69) is 27.1 Å². The van der Waals surface area contributed by atoms with Crippen molar-refractivity contribution in [3.05, 3.63) is 47.3 Å². The Bertz CT molecular complexity index is 854. The molecule has 6 rings (SSSR count). The third kappa shape index (κ3) is 2.91. The smallest absolute Gasteiger partial charge is 0.230 e. The molecular weight excluding hydrogens is 354 g/mol. The lowest BCUT2D eigenvalue weighted by atomic mass is 9.75. The van der Waals surface area contributed by atoms with Crippen molar-refractivity contribution >= 4 is 5.91 Å². The monoisotopic (exact) mass is 381 g/mol. The first-order valence-corrected chi connectivity index (χ1v) is 10.2. The first-order chi connectivity index (χ1) is 13.6. The van der Waals surface area contributed by atoms with Crippen molar-refractivity contribution in [2.75, 3.05) is 26.7 Å². The van der Waals surface area contributed by atoms with Gasteiger partial charge >= 0.3 is 0 Å². The van der Waals surface area contributed by atoms with Crippen molar-refractivity contribution in [2.24, 2.45) is 5.92 Å². The van der Waals surface area contributed by atoms with Crippen molar-refractivity contribution in [1.82, 2.24) is 15.0 Å². The maximum Gasteiger partial charge on any atom is 0.230 e. The number of fused-ring (bicyclic) bond motifs is 2. The highest BCUT2D eigenvalue weighted by Crippen LogP contribution is 2.46. The second-order valence-corrected chi connectivity index (χ2v) is 8.39. The van der Waals surface area contributed by atoms with Gasteiger partial charge in [0, 0.05) is 24.6 Å². The van der Waals surface area contributed by atoms with Crippen LogP contribution in [-0.4, -0.2) is 59.7 Å². The molecule has 1 amide bonds. The zero-order chi connectivity index (χ0) is 19.3. The molecule has 0 spiro atoms. The zero-order valence-corrected chi connectivity index (χ0v) is 16.5. The second-order valence-electron chi connectivity index (χ2n) is 8.39. The molecule has 0 saturated carbocycles. The summed E-state index contributed by atoms with van der Waals surface area (Å²) >= 11 is 0. The van der Waals surface area contributed by atoms with E-state index in [9.17, 15) is 4.79 Å². The van der Waals surface area contributed by atoms with Gasteiger partial charge in [-0.3, -0.25) is 9.69 Å². The van der Waals surface area contributed by atoms with Crippen molar-refractivity contribution in [1.29, 1.82) is 0 Å². The lowest BCUT2D eigenvalue weighted by molar-refractivity contribution is -0.135. The summed E-state index contributed by atoms with van der Waals surface area (Å²) in [5.74, 6) is 2.65. The second kappa shape index (κ2) is 6.92. The summed E-state index contributed by atoms with van der Waals surface area (Å²) in [5, 5.41) is 3.93. The van der Waals surface area contributed by atoms with Gasteiger partial charge in [-0.05, 0) is 56.5 Å². The molecule has 2 bridgehead atoms. The first-order valence-electron chi connectivity index (χ1n) is 10.2. The average molecular weight is 381 g/mol. The van der Waals surface area contributed by atoms with Crippen LogP contribution in [0.25, 0.3) is 0 Å². The highest BCUT2D eigenvalue weighted by molar-refractivity contribution is 5.79. The Hall–Kier alpha value is -2.34. The normalized spacial score (nSPS) is 31.1. The van der Waals surface area contributed by atoms with Gasteiger partial charge in [-0.25, -0.2) is 0 Å². The maximum absolute atomic E-state index is 13.2. The van der Waals surface area contributed by atoms with Crippen molar-refractivity contribution in [2.45, 2.75) is 44.2 Å². The quantitative estimate of drug-likeness (QED) is 0.815. The molecule has 3 atom stereocenters. The number of nitrogens with zero attached hydrogens (tertiary/aromatic N) is 3. The van der Waals surface area contributed by atoms with E-state index >= 15 is 0 Å². The predicted molar refractivity (Wildman–Crippen MR) is 104 cm³/mol. The number of carbonyl (C=O) groups excluding carboxylic acids is 1. The Morgan fingerprint density at radius 3 is 2.61 bits per heavy atom. The Balaban J connectivity index is 1.43. The molecule has 5 heterocycles. The molecule has 4 saturated heterocycles. The Labute approximate surface area is 165 Å². The summed E-state index contributed by atoms with van der Waals surface area (Å²) in [6, 6.07) is 11.0. The number of piperidine rings is 3. The van der Waals surface area contributed by atoms with Crippen LogP contribution in [0.2, 0.25) is 0 Å². The number of hydrogen-bond donors (Lipinski definition) is 0. The molecule has 28 heavy (non-hydrogen) atoms. The fourth-order valence-corrected chi connectivity index (χ4v) is 5.60. The van der Waals surface area contributed by atoms with Crippen LogP contribution in [0.4, 0.5) is 0 Å². The molecule has 6 heteroatoms. The summed E-state index contributed by atoms with van der Waals surface area (Å²) in [7, 11) is 1.69. The number of aryl methyl sites for hydroxylation is 1. The molecule has 0 N–H and O–H groups in total. The standard InChI is InChI=1S/C22H27N3O3/c1-14-11-18(28-23-14)12-20(26)25-13-19(15-3-5-17(27-2)6-4-15)22-21(25)16-7-9-24(22)10-8-16/h3-6,11,16,19,21-22H,7-10,12-13H2,1-2H3/t19-,21+,22+/m0/s1. The molecule has 0 radical (unpaired) electrons. The average Bonchev–Trinajstić information content (AvgIpc) is 3.34. The summed E-state index contributed by atoms with van der Waals surface area (Å²) in [5.41, 5.74) is 2.12. The molecule has 4 aliphatic heterocycles. The molecule has 4 aliphatic rings. The van der Waals surface area contributed by atoms with Crippen LogP contribution in [0.5, 0.6) is 5.75 Å². The van der Waals surface area contributed by atoms with E-state index in [1.807, 2.05) is 25.1 Å². The SMILES string of the molecule is COc1ccc([C@@H]2CN(C(=O)Cc3cc(C)no3)[C@@H]3C4CCN(CC4)[C@@H]32)cc1. The Morgan fingerprint density at radius 2 is 1.96 bits per heavy atom. The molecular formula is C22H27N3O3. The Kier molecular flexibility index (Phi) is 4.38. The molecule has 148 valence electrons. The van der Waals surface area contributed by atoms with Gasteiger partial charge in [0.25, 0.3) is 0 Å². The van der Waals surface area contributed by atoms with Gasteiger partial charge < -0.3 is 14.2 Å². The lowest BCUT2D eigenvalue weighted by Crippen LogP contribution is -2.60. The molecule has 1 aromatic heterocycles. The number of hydrogen-bond acceptors (Lipinski definition) is 5. The van der Waals surface area contributed by atoms with E-state index in [1.165, 1.54) is 18.4 Å². The van der Waals surface area contributed by atoms with Gasteiger partial charge in [-0.15, -0.1) is 0 Å². The minimum atomic E-state index is 0.163. The zero-order valence-electron chi connectivity index (χ0n) is 16.5. The number of likely N-dealkylation sites (tertiary alicyclic amines) is 1. The lowest BCUT2D eigenvalue weighted by Gasteiger charge is -2.51. The number of aromatic nitrogens is 1. The maximum atomic E-state index is 13.2. The van der Waals surface area contributed by atoms with Crippen molar-refractivity contribution < 1.29 is 14.1 Å². The van der Waals surface area contributed by atoms with Gasteiger partial charge in [0.2, 0.25) is 5.91 Å². The summed E-state index contributed by atoms with van der Waals surface area (Å²) in [6.07, 6.45) is 2.69. The van der Waals surface area contributed by atoms with Crippen LogP contribution in [0.3, 0.4) is 0 Å². The van der Waals surface area contributed by atoms with Gasteiger partial charge in [0.15, 0.2) is 0 Å². The number of amides is 1. The predicted octanol–water partition coefficient (Wildman–Crippen LogP) is 2.62. The van der Waals surface area contributed by atoms with E-state index in [1.54, 1.807) is 7.11 Å². The summed E-state index contributed by atoms with van der Waals surface area (Å²) in [6.45, 7) is 4.97. The van der Waals surface area contributed by atoms with E-state index in [0.717, 1.165) is 31.1 Å². The third-order valence-corrected chi connectivity index (χ3v) is 6.86. The van der Waals surface area contributed by atoms with E-state index in [4.69, 9.17) is 9.26 Å². The van der Waals surface area contributed by atoms with Crippen LogP contribution in [0, 0.1) is 12.8 Å². The Morgan fingerprint density at radius 1 is 1.21 bits per heavy atom. The van der Waals surface area contributed by atoms with Gasteiger partial charge in [0.1, 0.15) is 11.5 Å². The fraction of sp³-hybridized carbons (Fsp3) is 0.545. The number of rotatable bonds is 4.